The second-order valence-electron chi connectivity index (χ2n) is 5.69. The molecule has 0 saturated carbocycles. The average molecular weight is 401 g/mol. The minimum Gasteiger partial charge on any atom is -0.497 e. The van der Waals surface area contributed by atoms with Gasteiger partial charge in [0.05, 0.1) is 18.3 Å². The number of hydrogen-bond donors (Lipinski definition) is 0. The van der Waals surface area contributed by atoms with Crippen LogP contribution >= 0.6 is 23.4 Å². The van der Waals surface area contributed by atoms with Gasteiger partial charge in [-0.15, -0.1) is 0 Å². The van der Waals surface area contributed by atoms with Crippen LogP contribution in [0.1, 0.15) is 21.6 Å². The summed E-state index contributed by atoms with van der Waals surface area (Å²) in [4.78, 5) is 20.9. The summed E-state index contributed by atoms with van der Waals surface area (Å²) in [6.45, 7) is 2.04. The lowest BCUT2D eigenvalue weighted by Crippen LogP contribution is -2.12. The van der Waals surface area contributed by atoms with Crippen LogP contribution in [0.3, 0.4) is 0 Å². The molecule has 0 N–H and O–H groups in total. The standard InChI is InChI=1S/C20H17ClN2O3S/c1-13-4-3-5-14(10-13)12-27-20-22-11-17(21)18(23-20)19(24)26-16-8-6-15(25-2)7-9-16/h3-11H,12H2,1-2H3. The van der Waals surface area contributed by atoms with Gasteiger partial charge in [-0.05, 0) is 36.8 Å². The van der Waals surface area contributed by atoms with Gasteiger partial charge in [0.25, 0.3) is 0 Å². The Bertz CT molecular complexity index is 948. The lowest BCUT2D eigenvalue weighted by Gasteiger charge is -2.07. The first-order valence-electron chi connectivity index (χ1n) is 8.12. The Hall–Kier alpha value is -2.57. The maximum atomic E-state index is 12.4. The number of esters is 1. The Morgan fingerprint density at radius 2 is 1.89 bits per heavy atom. The molecule has 0 saturated heterocycles. The molecule has 0 bridgehead atoms. The molecule has 0 spiro atoms. The highest BCUT2D eigenvalue weighted by atomic mass is 35.5. The van der Waals surface area contributed by atoms with E-state index in [2.05, 4.69) is 16.0 Å². The van der Waals surface area contributed by atoms with Crippen LogP contribution in [0.5, 0.6) is 11.5 Å². The van der Waals surface area contributed by atoms with E-state index in [-0.39, 0.29) is 10.7 Å². The first kappa shape index (κ1) is 19.2. The number of ether oxygens (including phenoxy) is 2. The number of aromatic nitrogens is 2. The van der Waals surface area contributed by atoms with Crippen LogP contribution in [0.25, 0.3) is 0 Å². The number of halogens is 1. The van der Waals surface area contributed by atoms with Crippen LogP contribution in [0.2, 0.25) is 5.02 Å². The molecule has 1 heterocycles. The van der Waals surface area contributed by atoms with Crippen LogP contribution < -0.4 is 9.47 Å². The van der Waals surface area contributed by atoms with E-state index >= 15 is 0 Å². The number of thioether (sulfide) groups is 1. The minimum absolute atomic E-state index is 0.0363. The van der Waals surface area contributed by atoms with Crippen molar-refractivity contribution < 1.29 is 14.3 Å². The van der Waals surface area contributed by atoms with Crippen molar-refractivity contribution in [2.24, 2.45) is 0 Å². The number of nitrogens with zero attached hydrogens (tertiary/aromatic N) is 2. The van der Waals surface area contributed by atoms with Crippen molar-refractivity contribution in [1.82, 2.24) is 9.97 Å². The average Bonchev–Trinajstić information content (AvgIpc) is 2.68. The topological polar surface area (TPSA) is 61.3 Å². The van der Waals surface area contributed by atoms with E-state index in [1.807, 2.05) is 25.1 Å². The highest BCUT2D eigenvalue weighted by molar-refractivity contribution is 7.98. The molecule has 0 aliphatic rings. The van der Waals surface area contributed by atoms with Gasteiger partial charge >= 0.3 is 5.97 Å². The summed E-state index contributed by atoms with van der Waals surface area (Å²) in [5, 5.41) is 0.607. The molecular formula is C20H17ClN2O3S. The molecule has 27 heavy (non-hydrogen) atoms. The second-order valence-corrected chi connectivity index (χ2v) is 7.04. The monoisotopic (exact) mass is 400 g/mol. The fraction of sp³-hybridized carbons (Fsp3) is 0.150. The number of aryl methyl sites for hydroxylation is 1. The molecule has 0 atom stereocenters. The van der Waals surface area contributed by atoms with E-state index in [1.54, 1.807) is 31.4 Å². The van der Waals surface area contributed by atoms with Crippen LogP contribution in [-0.4, -0.2) is 23.0 Å². The zero-order chi connectivity index (χ0) is 19.2. The molecule has 0 unspecified atom stereocenters. The number of hydrogen-bond acceptors (Lipinski definition) is 6. The van der Waals surface area contributed by atoms with Crippen molar-refractivity contribution in [2.75, 3.05) is 7.11 Å². The maximum absolute atomic E-state index is 12.4. The summed E-state index contributed by atoms with van der Waals surface area (Å²) in [6, 6.07) is 14.9. The van der Waals surface area contributed by atoms with Crippen LogP contribution in [0, 0.1) is 6.92 Å². The van der Waals surface area contributed by atoms with Crippen molar-refractivity contribution in [3.05, 3.63) is 76.6 Å². The summed E-state index contributed by atoms with van der Waals surface area (Å²) in [7, 11) is 1.57. The molecule has 3 aromatic rings. The number of methoxy groups -OCH3 is 1. The van der Waals surface area contributed by atoms with Crippen molar-refractivity contribution in [2.45, 2.75) is 17.8 Å². The van der Waals surface area contributed by atoms with E-state index in [1.165, 1.54) is 23.5 Å². The molecule has 2 aromatic carbocycles. The van der Waals surface area contributed by atoms with Gasteiger partial charge in [0.2, 0.25) is 0 Å². The third-order valence-corrected chi connectivity index (χ3v) is 4.84. The van der Waals surface area contributed by atoms with Crippen LogP contribution in [0.15, 0.2) is 59.9 Å². The Kier molecular flexibility index (Phi) is 6.32. The van der Waals surface area contributed by atoms with Gasteiger partial charge in [0.1, 0.15) is 11.5 Å². The van der Waals surface area contributed by atoms with E-state index in [9.17, 15) is 4.79 Å². The Balaban J connectivity index is 1.70. The van der Waals surface area contributed by atoms with E-state index in [0.29, 0.717) is 22.4 Å². The Labute approximate surface area is 166 Å². The Morgan fingerprint density at radius 1 is 1.15 bits per heavy atom. The SMILES string of the molecule is COc1ccc(OC(=O)c2nc(SCc3cccc(C)c3)ncc2Cl)cc1. The zero-order valence-electron chi connectivity index (χ0n) is 14.8. The summed E-state index contributed by atoms with van der Waals surface area (Å²) < 4.78 is 10.4. The fourth-order valence-corrected chi connectivity index (χ4v) is 3.24. The number of carbonyl (C=O) groups excluding carboxylic acids is 1. The number of rotatable bonds is 6. The third-order valence-electron chi connectivity index (χ3n) is 3.64. The van der Waals surface area contributed by atoms with Gasteiger partial charge in [-0.2, -0.15) is 0 Å². The largest absolute Gasteiger partial charge is 0.497 e. The fourth-order valence-electron chi connectivity index (χ4n) is 2.31. The first-order chi connectivity index (χ1) is 13.0. The predicted octanol–water partition coefficient (Wildman–Crippen LogP) is 4.96. The number of benzene rings is 2. The minimum atomic E-state index is -0.634. The lowest BCUT2D eigenvalue weighted by molar-refractivity contribution is 0.0727. The molecule has 0 amide bonds. The zero-order valence-corrected chi connectivity index (χ0v) is 16.4. The molecule has 0 radical (unpaired) electrons. The molecule has 0 aliphatic carbocycles. The van der Waals surface area contributed by atoms with Gasteiger partial charge in [0.15, 0.2) is 10.9 Å². The van der Waals surface area contributed by atoms with Gasteiger partial charge in [-0.25, -0.2) is 14.8 Å². The molecule has 0 fully saturated rings. The molecule has 5 nitrogen and oxygen atoms in total. The smallest absolute Gasteiger partial charge is 0.364 e. The second kappa shape index (κ2) is 8.88. The van der Waals surface area contributed by atoms with Gasteiger partial charge in [-0.1, -0.05) is 53.2 Å². The number of carbonyl (C=O) groups is 1. The van der Waals surface area contributed by atoms with Gasteiger partial charge < -0.3 is 9.47 Å². The summed E-state index contributed by atoms with van der Waals surface area (Å²) in [5.41, 5.74) is 2.38. The predicted molar refractivity (Wildman–Crippen MR) is 106 cm³/mol. The van der Waals surface area contributed by atoms with Crippen molar-refractivity contribution in [3.63, 3.8) is 0 Å². The normalized spacial score (nSPS) is 10.5. The molecule has 7 heteroatoms. The van der Waals surface area contributed by atoms with Crippen molar-refractivity contribution in [1.29, 1.82) is 0 Å². The molecule has 1 aromatic heterocycles. The highest BCUT2D eigenvalue weighted by Gasteiger charge is 2.17. The molecule has 3 rings (SSSR count). The van der Waals surface area contributed by atoms with E-state index < -0.39 is 5.97 Å². The maximum Gasteiger partial charge on any atom is 0.364 e. The third kappa shape index (κ3) is 5.21. The lowest BCUT2D eigenvalue weighted by atomic mass is 10.2. The van der Waals surface area contributed by atoms with Crippen molar-refractivity contribution >= 4 is 29.3 Å². The molecule has 138 valence electrons. The van der Waals surface area contributed by atoms with Gasteiger partial charge in [0, 0.05) is 5.75 Å². The Morgan fingerprint density at radius 3 is 2.59 bits per heavy atom. The van der Waals surface area contributed by atoms with Crippen molar-refractivity contribution in [3.8, 4) is 11.5 Å². The first-order valence-corrected chi connectivity index (χ1v) is 9.48. The van der Waals surface area contributed by atoms with Crippen LogP contribution in [0.4, 0.5) is 0 Å². The van der Waals surface area contributed by atoms with E-state index in [0.717, 1.165) is 5.56 Å². The van der Waals surface area contributed by atoms with Gasteiger partial charge in [-0.3, -0.25) is 0 Å². The van der Waals surface area contributed by atoms with E-state index in [4.69, 9.17) is 21.1 Å². The quantitative estimate of drug-likeness (QED) is 0.252. The summed E-state index contributed by atoms with van der Waals surface area (Å²) in [6.07, 6.45) is 1.41. The highest BCUT2D eigenvalue weighted by Crippen LogP contribution is 2.24. The summed E-state index contributed by atoms with van der Waals surface area (Å²) in [5.74, 6) is 1.11. The molecular weight excluding hydrogens is 384 g/mol. The summed E-state index contributed by atoms with van der Waals surface area (Å²) >= 11 is 7.52. The van der Waals surface area contributed by atoms with Crippen LogP contribution in [-0.2, 0) is 5.75 Å². The molecule has 0 aliphatic heterocycles.